The van der Waals surface area contributed by atoms with Crippen LogP contribution in [0.15, 0.2) is 66.7 Å². The smallest absolute Gasteiger partial charge is 0.252 e. The summed E-state index contributed by atoms with van der Waals surface area (Å²) in [6.45, 7) is 2.25. The van der Waals surface area contributed by atoms with Crippen molar-refractivity contribution < 1.29 is 14.3 Å². The SMILES string of the molecule is COc1ccc(CNC(=O)c2c(C)c(-c3ccccc3)nc3ccc(Cl)cc23)cc1OC. The van der Waals surface area contributed by atoms with Gasteiger partial charge in [0.1, 0.15) is 0 Å². The minimum absolute atomic E-state index is 0.191. The average molecular weight is 447 g/mol. The van der Waals surface area contributed by atoms with Crippen molar-refractivity contribution in [2.75, 3.05) is 14.2 Å². The van der Waals surface area contributed by atoms with Gasteiger partial charge in [-0.3, -0.25) is 4.79 Å². The van der Waals surface area contributed by atoms with Gasteiger partial charge in [-0.25, -0.2) is 4.98 Å². The average Bonchev–Trinajstić information content (AvgIpc) is 2.82. The number of aromatic nitrogens is 1. The number of methoxy groups -OCH3 is 2. The van der Waals surface area contributed by atoms with E-state index in [9.17, 15) is 4.79 Å². The largest absolute Gasteiger partial charge is 0.493 e. The van der Waals surface area contributed by atoms with Crippen LogP contribution in [-0.4, -0.2) is 25.1 Å². The fourth-order valence-electron chi connectivity index (χ4n) is 3.76. The first-order valence-corrected chi connectivity index (χ1v) is 10.5. The zero-order chi connectivity index (χ0) is 22.7. The Kier molecular flexibility index (Phi) is 6.28. The molecule has 4 rings (SSSR count). The molecule has 1 heterocycles. The van der Waals surface area contributed by atoms with Gasteiger partial charge < -0.3 is 14.8 Å². The zero-order valence-electron chi connectivity index (χ0n) is 18.1. The Balaban J connectivity index is 1.73. The Labute approximate surface area is 192 Å². The quantitative estimate of drug-likeness (QED) is 0.406. The summed E-state index contributed by atoms with van der Waals surface area (Å²) in [7, 11) is 3.17. The predicted molar refractivity (Wildman–Crippen MR) is 128 cm³/mol. The summed E-state index contributed by atoms with van der Waals surface area (Å²) in [6.07, 6.45) is 0. The van der Waals surface area contributed by atoms with E-state index < -0.39 is 0 Å². The molecule has 0 aliphatic carbocycles. The van der Waals surface area contributed by atoms with Crippen LogP contribution in [0.5, 0.6) is 11.5 Å². The first kappa shape index (κ1) is 21.7. The van der Waals surface area contributed by atoms with E-state index in [1.54, 1.807) is 26.4 Å². The molecule has 0 fully saturated rings. The molecule has 0 unspecified atom stereocenters. The third-order valence-electron chi connectivity index (χ3n) is 5.37. The summed E-state index contributed by atoms with van der Waals surface area (Å²) in [4.78, 5) is 18.2. The number of benzene rings is 3. The number of fused-ring (bicyclic) bond motifs is 1. The second kappa shape index (κ2) is 9.28. The molecule has 32 heavy (non-hydrogen) atoms. The first-order chi connectivity index (χ1) is 15.5. The van der Waals surface area contributed by atoms with Crippen LogP contribution >= 0.6 is 11.6 Å². The normalized spacial score (nSPS) is 10.8. The summed E-state index contributed by atoms with van der Waals surface area (Å²) >= 11 is 6.25. The minimum Gasteiger partial charge on any atom is -0.493 e. The summed E-state index contributed by atoms with van der Waals surface area (Å²) in [5.41, 5.74) is 4.71. The molecule has 0 aliphatic rings. The molecular formula is C26H23ClN2O3. The van der Waals surface area contributed by atoms with Gasteiger partial charge in [-0.05, 0) is 48.4 Å². The summed E-state index contributed by atoms with van der Waals surface area (Å²) in [6, 6.07) is 20.8. The van der Waals surface area contributed by atoms with Crippen LogP contribution in [0.1, 0.15) is 21.5 Å². The number of amides is 1. The van der Waals surface area contributed by atoms with Crippen molar-refractivity contribution in [3.8, 4) is 22.8 Å². The molecule has 1 N–H and O–H groups in total. The highest BCUT2D eigenvalue weighted by Gasteiger charge is 2.19. The lowest BCUT2D eigenvalue weighted by Crippen LogP contribution is -2.24. The van der Waals surface area contributed by atoms with Crippen LogP contribution in [0.3, 0.4) is 0 Å². The lowest BCUT2D eigenvalue weighted by atomic mass is 9.97. The van der Waals surface area contributed by atoms with Gasteiger partial charge in [0.25, 0.3) is 5.91 Å². The number of hydrogen-bond donors (Lipinski definition) is 1. The Morgan fingerprint density at radius 1 is 0.969 bits per heavy atom. The fraction of sp³-hybridized carbons (Fsp3) is 0.154. The summed E-state index contributed by atoms with van der Waals surface area (Å²) < 4.78 is 10.6. The minimum atomic E-state index is -0.191. The van der Waals surface area contributed by atoms with Crippen LogP contribution in [0.25, 0.3) is 22.2 Å². The topological polar surface area (TPSA) is 60.5 Å². The van der Waals surface area contributed by atoms with E-state index in [-0.39, 0.29) is 5.91 Å². The lowest BCUT2D eigenvalue weighted by Gasteiger charge is -2.15. The molecule has 5 nitrogen and oxygen atoms in total. The molecule has 0 atom stereocenters. The van der Waals surface area contributed by atoms with E-state index in [2.05, 4.69) is 5.32 Å². The Bertz CT molecular complexity index is 1290. The molecular weight excluding hydrogens is 424 g/mol. The van der Waals surface area contributed by atoms with Crippen molar-refractivity contribution in [3.05, 3.63) is 88.4 Å². The lowest BCUT2D eigenvalue weighted by molar-refractivity contribution is 0.0952. The van der Waals surface area contributed by atoms with Crippen molar-refractivity contribution in [1.82, 2.24) is 10.3 Å². The van der Waals surface area contributed by atoms with Gasteiger partial charge in [-0.2, -0.15) is 0 Å². The molecule has 1 aromatic heterocycles. The van der Waals surface area contributed by atoms with Gasteiger partial charge in [-0.1, -0.05) is 48.0 Å². The number of carbonyl (C=O) groups excluding carboxylic acids is 1. The number of rotatable bonds is 6. The number of carbonyl (C=O) groups is 1. The molecule has 6 heteroatoms. The van der Waals surface area contributed by atoms with Crippen molar-refractivity contribution in [2.24, 2.45) is 0 Å². The number of pyridine rings is 1. The van der Waals surface area contributed by atoms with Gasteiger partial charge in [0.05, 0.1) is 31.0 Å². The van der Waals surface area contributed by atoms with Gasteiger partial charge in [0.2, 0.25) is 0 Å². The van der Waals surface area contributed by atoms with Gasteiger partial charge in [0.15, 0.2) is 11.5 Å². The van der Waals surface area contributed by atoms with Crippen LogP contribution in [-0.2, 0) is 6.54 Å². The monoisotopic (exact) mass is 446 g/mol. The van der Waals surface area contributed by atoms with Gasteiger partial charge >= 0.3 is 0 Å². The van der Waals surface area contributed by atoms with E-state index in [0.29, 0.717) is 28.6 Å². The number of halogens is 1. The zero-order valence-corrected chi connectivity index (χ0v) is 18.9. The molecule has 0 saturated carbocycles. The highest BCUT2D eigenvalue weighted by Crippen LogP contribution is 2.31. The first-order valence-electron chi connectivity index (χ1n) is 10.2. The Hall–Kier alpha value is -3.57. The summed E-state index contributed by atoms with van der Waals surface area (Å²) in [5.74, 6) is 1.06. The maximum atomic E-state index is 13.4. The standard InChI is InChI=1S/C26H23ClN2O3/c1-16-24(26(30)28-15-17-9-12-22(31-2)23(13-17)32-3)20-14-19(27)10-11-21(20)29-25(16)18-7-5-4-6-8-18/h4-14H,15H2,1-3H3,(H,28,30). The van der Waals surface area contributed by atoms with E-state index in [0.717, 1.165) is 33.3 Å². The molecule has 0 bridgehead atoms. The third kappa shape index (κ3) is 4.25. The third-order valence-corrected chi connectivity index (χ3v) is 5.60. The van der Waals surface area contributed by atoms with Crippen molar-refractivity contribution >= 4 is 28.4 Å². The molecule has 0 saturated heterocycles. The highest BCUT2D eigenvalue weighted by atomic mass is 35.5. The van der Waals surface area contributed by atoms with Crippen molar-refractivity contribution in [3.63, 3.8) is 0 Å². The van der Waals surface area contributed by atoms with E-state index in [1.165, 1.54) is 0 Å². The number of nitrogens with zero attached hydrogens (tertiary/aromatic N) is 1. The number of nitrogens with one attached hydrogen (secondary N) is 1. The molecule has 0 radical (unpaired) electrons. The van der Waals surface area contributed by atoms with E-state index in [4.69, 9.17) is 26.1 Å². The van der Waals surface area contributed by atoms with E-state index >= 15 is 0 Å². The van der Waals surface area contributed by atoms with Crippen LogP contribution in [0.4, 0.5) is 0 Å². The van der Waals surface area contributed by atoms with Crippen molar-refractivity contribution in [2.45, 2.75) is 13.5 Å². The van der Waals surface area contributed by atoms with Crippen LogP contribution < -0.4 is 14.8 Å². The van der Waals surface area contributed by atoms with Crippen LogP contribution in [0.2, 0.25) is 5.02 Å². The number of ether oxygens (including phenoxy) is 2. The Morgan fingerprint density at radius 2 is 1.72 bits per heavy atom. The predicted octanol–water partition coefficient (Wildman–Crippen LogP) is 5.81. The molecule has 1 amide bonds. The second-order valence-electron chi connectivity index (χ2n) is 7.36. The summed E-state index contributed by atoms with van der Waals surface area (Å²) in [5, 5.41) is 4.31. The maximum absolute atomic E-state index is 13.4. The maximum Gasteiger partial charge on any atom is 0.252 e. The molecule has 0 spiro atoms. The molecule has 3 aromatic carbocycles. The second-order valence-corrected chi connectivity index (χ2v) is 7.80. The van der Waals surface area contributed by atoms with Gasteiger partial charge in [0, 0.05) is 22.5 Å². The van der Waals surface area contributed by atoms with Crippen LogP contribution in [0, 0.1) is 6.92 Å². The number of hydrogen-bond acceptors (Lipinski definition) is 4. The molecule has 162 valence electrons. The van der Waals surface area contributed by atoms with Crippen molar-refractivity contribution in [1.29, 1.82) is 0 Å². The molecule has 4 aromatic rings. The highest BCUT2D eigenvalue weighted by molar-refractivity contribution is 6.31. The van der Waals surface area contributed by atoms with E-state index in [1.807, 2.05) is 61.5 Å². The van der Waals surface area contributed by atoms with Gasteiger partial charge in [-0.15, -0.1) is 0 Å². The fourth-order valence-corrected chi connectivity index (χ4v) is 3.93. The molecule has 0 aliphatic heterocycles. The Morgan fingerprint density at radius 3 is 2.44 bits per heavy atom.